The van der Waals surface area contributed by atoms with Crippen molar-refractivity contribution in [1.82, 2.24) is 14.0 Å². The maximum absolute atomic E-state index is 13.5. The van der Waals surface area contributed by atoms with Crippen molar-refractivity contribution in [3.8, 4) is 0 Å². The van der Waals surface area contributed by atoms with Gasteiger partial charge in [0.05, 0.1) is 17.6 Å². The quantitative estimate of drug-likeness (QED) is 0.267. The third-order valence-electron chi connectivity index (χ3n) is 6.81. The maximum Gasteiger partial charge on any atom is 0.416 e. The zero-order valence-electron chi connectivity index (χ0n) is 21.1. The van der Waals surface area contributed by atoms with E-state index < -0.39 is 29.2 Å². The van der Waals surface area contributed by atoms with Crippen molar-refractivity contribution < 1.29 is 27.5 Å². The molecule has 5 rings (SSSR count). The molecule has 1 aliphatic rings. The van der Waals surface area contributed by atoms with Crippen molar-refractivity contribution in [2.24, 2.45) is 4.99 Å². The number of halogens is 3. The molecule has 1 aliphatic carbocycles. The largest absolute Gasteiger partial charge is 0.462 e. The smallest absolute Gasteiger partial charge is 0.416 e. The van der Waals surface area contributed by atoms with Gasteiger partial charge in [0.25, 0.3) is 11.5 Å². The molecule has 0 atom stereocenters. The summed E-state index contributed by atoms with van der Waals surface area (Å²) in [5, 5.41) is 0.137. The Labute approximate surface area is 220 Å². The molecule has 1 amide bonds. The number of aromatic nitrogens is 3. The highest BCUT2D eigenvalue weighted by Gasteiger charge is 2.31. The second-order valence-electron chi connectivity index (χ2n) is 9.34. The number of hydrogen-bond acceptors (Lipinski definition) is 5. The lowest BCUT2D eigenvalue weighted by atomic mass is 9.94. The van der Waals surface area contributed by atoms with Crippen LogP contribution in [0.5, 0.6) is 0 Å². The summed E-state index contributed by atoms with van der Waals surface area (Å²) in [5.74, 6) is -1.77. The Hall–Kier alpha value is -4.28. The molecule has 0 N–H and O–H groups in total. The number of ether oxygens (including phenoxy) is 1. The molecule has 3 aromatic heterocycles. The summed E-state index contributed by atoms with van der Waals surface area (Å²) in [6.45, 7) is 1.64. The minimum Gasteiger partial charge on any atom is -0.462 e. The van der Waals surface area contributed by atoms with Gasteiger partial charge < -0.3 is 9.30 Å². The van der Waals surface area contributed by atoms with Gasteiger partial charge in [-0.2, -0.15) is 18.2 Å². The average Bonchev–Trinajstić information content (AvgIpc) is 2.93. The molecule has 0 bridgehead atoms. The average molecular weight is 539 g/mol. The molecular weight excluding hydrogens is 513 g/mol. The van der Waals surface area contributed by atoms with Crippen LogP contribution in [0.1, 0.15) is 71.3 Å². The van der Waals surface area contributed by atoms with Gasteiger partial charge in [0.1, 0.15) is 16.9 Å². The van der Waals surface area contributed by atoms with E-state index in [4.69, 9.17) is 9.72 Å². The molecule has 0 saturated heterocycles. The van der Waals surface area contributed by atoms with Gasteiger partial charge in [-0.1, -0.05) is 31.4 Å². The zero-order valence-corrected chi connectivity index (χ0v) is 21.1. The first-order valence-electron chi connectivity index (χ1n) is 12.7. The van der Waals surface area contributed by atoms with Crippen LogP contribution >= 0.6 is 0 Å². The Bertz CT molecular complexity index is 1720. The van der Waals surface area contributed by atoms with Crippen LogP contribution in [0.4, 0.5) is 13.2 Å². The standard InChI is InChI=1S/C28H25F3N4O4/c1-2-39-27(38)21-16-20-23(32-22-13-6-7-14-34(22)26(20)37)35(19-11-4-3-5-12-19)24(21)33-25(36)17-9-8-10-18(15-17)28(29,30)31/h6-10,13-16,19H,2-5,11-12H2,1H3. The van der Waals surface area contributed by atoms with E-state index in [1.54, 1.807) is 35.9 Å². The summed E-state index contributed by atoms with van der Waals surface area (Å²) in [7, 11) is 0. The molecule has 0 aliphatic heterocycles. The van der Waals surface area contributed by atoms with Crippen molar-refractivity contribution in [3.63, 3.8) is 0 Å². The molecule has 3 heterocycles. The molecule has 11 heteroatoms. The van der Waals surface area contributed by atoms with Crippen molar-refractivity contribution in [1.29, 1.82) is 0 Å². The maximum atomic E-state index is 13.5. The molecule has 0 radical (unpaired) electrons. The van der Waals surface area contributed by atoms with Crippen LogP contribution in [0.3, 0.4) is 0 Å². The molecular formula is C28H25F3N4O4. The predicted octanol–water partition coefficient (Wildman–Crippen LogP) is 5.09. The molecule has 1 aromatic carbocycles. The molecule has 4 aromatic rings. The van der Waals surface area contributed by atoms with Crippen molar-refractivity contribution in [2.45, 2.75) is 51.2 Å². The fraction of sp³-hybridized carbons (Fsp3) is 0.321. The number of fused-ring (bicyclic) bond motifs is 2. The number of amides is 1. The molecule has 0 spiro atoms. The summed E-state index contributed by atoms with van der Waals surface area (Å²) >= 11 is 0. The van der Waals surface area contributed by atoms with Crippen LogP contribution in [0, 0.1) is 0 Å². The first-order valence-corrected chi connectivity index (χ1v) is 12.7. The van der Waals surface area contributed by atoms with E-state index in [2.05, 4.69) is 4.99 Å². The van der Waals surface area contributed by atoms with Gasteiger partial charge in [-0.15, -0.1) is 0 Å². The van der Waals surface area contributed by atoms with Crippen LogP contribution < -0.4 is 11.0 Å². The van der Waals surface area contributed by atoms with Crippen molar-refractivity contribution in [2.75, 3.05) is 6.61 Å². The number of nitrogens with zero attached hydrogens (tertiary/aromatic N) is 4. The molecule has 0 unspecified atom stereocenters. The van der Waals surface area contributed by atoms with Gasteiger partial charge in [-0.3, -0.25) is 14.0 Å². The summed E-state index contributed by atoms with van der Waals surface area (Å²) in [6.07, 6.45) is 1.03. The number of alkyl halides is 3. The zero-order chi connectivity index (χ0) is 27.7. The number of carbonyl (C=O) groups is 2. The minimum atomic E-state index is -4.65. The topological polar surface area (TPSA) is 95.0 Å². The van der Waals surface area contributed by atoms with Crippen LogP contribution in [0.15, 0.2) is 64.5 Å². The Morgan fingerprint density at radius 3 is 2.56 bits per heavy atom. The van der Waals surface area contributed by atoms with Gasteiger partial charge >= 0.3 is 12.1 Å². The summed E-state index contributed by atoms with van der Waals surface area (Å²) in [5.41, 5.74) is -1.33. The van der Waals surface area contributed by atoms with E-state index >= 15 is 0 Å². The summed E-state index contributed by atoms with van der Waals surface area (Å²) in [4.78, 5) is 48.8. The van der Waals surface area contributed by atoms with E-state index in [1.807, 2.05) is 0 Å². The lowest BCUT2D eigenvalue weighted by Gasteiger charge is -2.27. The van der Waals surface area contributed by atoms with E-state index in [9.17, 15) is 27.6 Å². The van der Waals surface area contributed by atoms with E-state index in [0.29, 0.717) is 18.5 Å². The Morgan fingerprint density at radius 2 is 1.85 bits per heavy atom. The number of pyridine rings is 2. The number of benzene rings is 1. The third kappa shape index (κ3) is 5.08. The van der Waals surface area contributed by atoms with Crippen LogP contribution in [-0.4, -0.2) is 32.4 Å². The van der Waals surface area contributed by atoms with Crippen LogP contribution in [0.2, 0.25) is 0 Å². The van der Waals surface area contributed by atoms with Gasteiger partial charge in [0, 0.05) is 17.8 Å². The minimum absolute atomic E-state index is 0.0241. The molecule has 1 fully saturated rings. The molecule has 39 heavy (non-hydrogen) atoms. The van der Waals surface area contributed by atoms with Gasteiger partial charge in [-0.05, 0) is 56.2 Å². The van der Waals surface area contributed by atoms with Crippen molar-refractivity contribution >= 4 is 28.6 Å². The number of hydrogen-bond donors (Lipinski definition) is 0. The normalized spacial score (nSPS) is 15.1. The first kappa shape index (κ1) is 26.3. The lowest BCUT2D eigenvalue weighted by Crippen LogP contribution is -2.35. The lowest BCUT2D eigenvalue weighted by molar-refractivity contribution is -0.137. The highest BCUT2D eigenvalue weighted by molar-refractivity contribution is 5.97. The number of rotatable bonds is 4. The second-order valence-corrected chi connectivity index (χ2v) is 9.34. The number of esters is 1. The first-order chi connectivity index (χ1) is 18.7. The van der Waals surface area contributed by atoms with Crippen LogP contribution in [0.25, 0.3) is 16.7 Å². The number of carbonyl (C=O) groups excluding carboxylic acids is 2. The molecule has 202 valence electrons. The monoisotopic (exact) mass is 538 g/mol. The van der Waals surface area contributed by atoms with Crippen LogP contribution in [-0.2, 0) is 10.9 Å². The Morgan fingerprint density at radius 1 is 1.08 bits per heavy atom. The molecule has 8 nitrogen and oxygen atoms in total. The van der Waals surface area contributed by atoms with E-state index in [1.165, 1.54) is 16.5 Å². The fourth-order valence-corrected chi connectivity index (χ4v) is 4.99. The Balaban J connectivity index is 1.86. The van der Waals surface area contributed by atoms with Crippen molar-refractivity contribution in [3.05, 3.63) is 87.3 Å². The highest BCUT2D eigenvalue weighted by atomic mass is 19.4. The Kier molecular flexibility index (Phi) is 7.07. The predicted molar refractivity (Wildman–Crippen MR) is 136 cm³/mol. The van der Waals surface area contributed by atoms with E-state index in [0.717, 1.165) is 37.5 Å². The second kappa shape index (κ2) is 10.5. The highest BCUT2D eigenvalue weighted by Crippen LogP contribution is 2.31. The van der Waals surface area contributed by atoms with Gasteiger partial charge in [-0.25, -0.2) is 9.78 Å². The van der Waals surface area contributed by atoms with Gasteiger partial charge in [0.2, 0.25) is 0 Å². The fourth-order valence-electron chi connectivity index (χ4n) is 4.99. The summed E-state index contributed by atoms with van der Waals surface area (Å²) in [6, 6.07) is 10.1. The SMILES string of the molecule is CCOC(=O)c1cc2c(=O)n3ccccc3nc2n(C2CCCCC2)c1=NC(=O)c1cccc(C(F)(F)F)c1. The van der Waals surface area contributed by atoms with E-state index in [-0.39, 0.29) is 40.3 Å². The third-order valence-corrected chi connectivity index (χ3v) is 6.81. The van der Waals surface area contributed by atoms with Gasteiger partial charge in [0.15, 0.2) is 5.49 Å². The summed E-state index contributed by atoms with van der Waals surface area (Å²) < 4.78 is 48.2. The molecule has 1 saturated carbocycles.